The van der Waals surface area contributed by atoms with Gasteiger partial charge in [-0.3, -0.25) is 9.48 Å². The van der Waals surface area contributed by atoms with Crippen molar-refractivity contribution in [1.82, 2.24) is 25.1 Å². The molecule has 1 amide bonds. The molecule has 0 saturated carbocycles. The van der Waals surface area contributed by atoms with Crippen LogP contribution in [0.2, 0.25) is 5.15 Å². The van der Waals surface area contributed by atoms with Gasteiger partial charge in [0.25, 0.3) is 5.91 Å². The van der Waals surface area contributed by atoms with E-state index in [9.17, 15) is 4.79 Å². The van der Waals surface area contributed by atoms with Crippen molar-refractivity contribution >= 4 is 17.5 Å². The minimum Gasteiger partial charge on any atom is -0.345 e. The Labute approximate surface area is 127 Å². The Kier molecular flexibility index (Phi) is 3.63. The summed E-state index contributed by atoms with van der Waals surface area (Å²) in [5.74, 6) is 0.544. The first kappa shape index (κ1) is 14.0. The molecule has 21 heavy (non-hydrogen) atoms. The fourth-order valence-electron chi connectivity index (χ4n) is 2.61. The Bertz CT molecular complexity index is 697. The normalized spacial score (nSPS) is 17.4. The fourth-order valence-corrected chi connectivity index (χ4v) is 2.79. The van der Waals surface area contributed by atoms with Crippen molar-refractivity contribution in [3.63, 3.8) is 0 Å². The van der Waals surface area contributed by atoms with Crippen LogP contribution in [0.25, 0.3) is 0 Å². The molecule has 0 spiro atoms. The van der Waals surface area contributed by atoms with Crippen LogP contribution in [0.4, 0.5) is 0 Å². The minimum atomic E-state index is -0.216. The predicted octanol–water partition coefficient (Wildman–Crippen LogP) is 1.98. The third-order valence-corrected chi connectivity index (χ3v) is 4.17. The summed E-state index contributed by atoms with van der Waals surface area (Å²) in [5.41, 5.74) is 2.41. The molecular weight excluding hydrogens is 290 g/mol. The van der Waals surface area contributed by atoms with Crippen molar-refractivity contribution in [1.29, 1.82) is 0 Å². The summed E-state index contributed by atoms with van der Waals surface area (Å²) in [4.78, 5) is 21.0. The maximum Gasteiger partial charge on any atom is 0.256 e. The average molecular weight is 306 g/mol. The summed E-state index contributed by atoms with van der Waals surface area (Å²) >= 11 is 6.06. The second-order valence-electron chi connectivity index (χ2n) is 5.21. The molecular formula is C14H16ClN5O. The van der Waals surface area contributed by atoms with Gasteiger partial charge in [0.15, 0.2) is 0 Å². The molecule has 110 valence electrons. The van der Waals surface area contributed by atoms with E-state index in [0.717, 1.165) is 36.3 Å². The Morgan fingerprint density at radius 3 is 3.00 bits per heavy atom. The van der Waals surface area contributed by atoms with Gasteiger partial charge in [-0.15, -0.1) is 0 Å². The third kappa shape index (κ3) is 2.63. The molecule has 0 aromatic carbocycles. The van der Waals surface area contributed by atoms with Gasteiger partial charge in [0.1, 0.15) is 11.0 Å². The molecule has 1 unspecified atom stereocenters. The Morgan fingerprint density at radius 2 is 2.29 bits per heavy atom. The van der Waals surface area contributed by atoms with E-state index in [-0.39, 0.29) is 11.9 Å². The van der Waals surface area contributed by atoms with Gasteiger partial charge in [-0.1, -0.05) is 11.6 Å². The number of nitrogens with zero attached hydrogens (tertiary/aromatic N) is 4. The van der Waals surface area contributed by atoms with Gasteiger partial charge in [-0.05, 0) is 26.2 Å². The highest BCUT2D eigenvalue weighted by Gasteiger charge is 2.25. The van der Waals surface area contributed by atoms with Crippen molar-refractivity contribution < 1.29 is 4.79 Å². The SMILES string of the molecule is Cc1ncc2c(n1)CCCC2NC(=O)c1cnn(C)c1Cl. The highest BCUT2D eigenvalue weighted by atomic mass is 35.5. The lowest BCUT2D eigenvalue weighted by atomic mass is 9.92. The topological polar surface area (TPSA) is 72.7 Å². The van der Waals surface area contributed by atoms with Crippen molar-refractivity contribution in [3.05, 3.63) is 40.2 Å². The summed E-state index contributed by atoms with van der Waals surface area (Å²) in [5, 5.41) is 7.33. The van der Waals surface area contributed by atoms with Gasteiger partial charge in [0.2, 0.25) is 0 Å². The zero-order chi connectivity index (χ0) is 15.0. The van der Waals surface area contributed by atoms with Crippen molar-refractivity contribution in [2.45, 2.75) is 32.2 Å². The number of fused-ring (bicyclic) bond motifs is 1. The van der Waals surface area contributed by atoms with E-state index < -0.39 is 0 Å². The summed E-state index contributed by atoms with van der Waals surface area (Å²) in [7, 11) is 1.70. The molecule has 2 aromatic heterocycles. The number of aromatic nitrogens is 4. The van der Waals surface area contributed by atoms with Crippen molar-refractivity contribution in [2.75, 3.05) is 0 Å². The van der Waals surface area contributed by atoms with Gasteiger partial charge < -0.3 is 5.32 Å². The quantitative estimate of drug-likeness (QED) is 0.921. The van der Waals surface area contributed by atoms with Gasteiger partial charge in [0, 0.05) is 24.5 Å². The Balaban J connectivity index is 1.83. The zero-order valence-corrected chi connectivity index (χ0v) is 12.7. The van der Waals surface area contributed by atoms with Crippen LogP contribution in [0.1, 0.15) is 46.3 Å². The first-order valence-electron chi connectivity index (χ1n) is 6.87. The van der Waals surface area contributed by atoms with E-state index >= 15 is 0 Å². The van der Waals surface area contributed by atoms with Crippen molar-refractivity contribution in [3.8, 4) is 0 Å². The third-order valence-electron chi connectivity index (χ3n) is 3.72. The maximum absolute atomic E-state index is 12.3. The maximum atomic E-state index is 12.3. The highest BCUT2D eigenvalue weighted by Crippen LogP contribution is 2.28. The van der Waals surface area contributed by atoms with Crippen molar-refractivity contribution in [2.24, 2.45) is 7.05 Å². The molecule has 0 aliphatic heterocycles. The molecule has 1 aliphatic rings. The first-order valence-corrected chi connectivity index (χ1v) is 7.25. The van der Waals surface area contributed by atoms with E-state index in [4.69, 9.17) is 11.6 Å². The molecule has 0 bridgehead atoms. The van der Waals surface area contributed by atoms with Gasteiger partial charge in [0.05, 0.1) is 17.8 Å². The number of carbonyl (C=O) groups is 1. The summed E-state index contributed by atoms with van der Waals surface area (Å²) in [6.45, 7) is 1.87. The second kappa shape index (κ2) is 5.44. The second-order valence-corrected chi connectivity index (χ2v) is 5.57. The van der Waals surface area contributed by atoms with Crippen LogP contribution in [0, 0.1) is 6.92 Å². The van der Waals surface area contributed by atoms with Crippen LogP contribution < -0.4 is 5.32 Å². The zero-order valence-electron chi connectivity index (χ0n) is 11.9. The molecule has 1 aliphatic carbocycles. The molecule has 3 rings (SSSR count). The number of aryl methyl sites for hydroxylation is 3. The summed E-state index contributed by atoms with van der Waals surface area (Å²) in [6.07, 6.45) is 6.09. The number of halogens is 1. The molecule has 0 radical (unpaired) electrons. The number of hydrogen-bond donors (Lipinski definition) is 1. The van der Waals surface area contributed by atoms with Crippen LogP contribution in [0.15, 0.2) is 12.4 Å². The van der Waals surface area contributed by atoms with E-state index in [1.807, 2.05) is 13.1 Å². The molecule has 0 fully saturated rings. The number of carbonyl (C=O) groups excluding carboxylic acids is 1. The predicted molar refractivity (Wildman–Crippen MR) is 78.1 cm³/mol. The van der Waals surface area contributed by atoms with Gasteiger partial charge in [-0.25, -0.2) is 9.97 Å². The molecule has 1 N–H and O–H groups in total. The Morgan fingerprint density at radius 1 is 1.48 bits per heavy atom. The van der Waals surface area contributed by atoms with E-state index in [0.29, 0.717) is 10.7 Å². The molecule has 0 saturated heterocycles. The van der Waals surface area contributed by atoms with Gasteiger partial charge in [-0.2, -0.15) is 5.10 Å². The monoisotopic (exact) mass is 305 g/mol. The Hall–Kier alpha value is -1.95. The van der Waals surface area contributed by atoms with E-state index in [1.165, 1.54) is 10.9 Å². The van der Waals surface area contributed by atoms with E-state index in [1.54, 1.807) is 7.05 Å². The highest BCUT2D eigenvalue weighted by molar-refractivity contribution is 6.32. The van der Waals surface area contributed by atoms with Crippen LogP contribution in [-0.2, 0) is 13.5 Å². The number of amides is 1. The molecule has 2 heterocycles. The van der Waals surface area contributed by atoms with Crippen LogP contribution >= 0.6 is 11.6 Å². The number of hydrogen-bond acceptors (Lipinski definition) is 4. The summed E-state index contributed by atoms with van der Waals surface area (Å²) in [6, 6.07) is -0.0712. The van der Waals surface area contributed by atoms with Crippen LogP contribution in [0.5, 0.6) is 0 Å². The lowest BCUT2D eigenvalue weighted by Crippen LogP contribution is -2.31. The lowest BCUT2D eigenvalue weighted by Gasteiger charge is -2.25. The van der Waals surface area contributed by atoms with Crippen LogP contribution in [0.3, 0.4) is 0 Å². The van der Waals surface area contributed by atoms with Crippen LogP contribution in [-0.4, -0.2) is 25.7 Å². The van der Waals surface area contributed by atoms with E-state index in [2.05, 4.69) is 20.4 Å². The molecule has 1 atom stereocenters. The molecule has 2 aromatic rings. The largest absolute Gasteiger partial charge is 0.345 e. The number of nitrogens with one attached hydrogen (secondary N) is 1. The summed E-state index contributed by atoms with van der Waals surface area (Å²) < 4.78 is 1.47. The lowest BCUT2D eigenvalue weighted by molar-refractivity contribution is 0.0932. The molecule has 6 nitrogen and oxygen atoms in total. The number of rotatable bonds is 2. The standard InChI is InChI=1S/C14H16ClN5O/c1-8-16-6-9-11(18-8)4-3-5-12(9)19-14(21)10-7-17-20(2)13(10)15/h6-7,12H,3-5H2,1-2H3,(H,19,21). The smallest absolute Gasteiger partial charge is 0.256 e. The first-order chi connectivity index (χ1) is 10.1. The minimum absolute atomic E-state index is 0.0712. The fraction of sp³-hybridized carbons (Fsp3) is 0.429. The average Bonchev–Trinajstić information content (AvgIpc) is 2.79. The molecule has 7 heteroatoms. The van der Waals surface area contributed by atoms with Gasteiger partial charge >= 0.3 is 0 Å².